The summed E-state index contributed by atoms with van der Waals surface area (Å²) in [6, 6.07) is 4.07. The molecule has 24 heavy (non-hydrogen) atoms. The van der Waals surface area contributed by atoms with Crippen LogP contribution in [0.1, 0.15) is 5.56 Å². The van der Waals surface area contributed by atoms with E-state index in [4.69, 9.17) is 9.84 Å². The molecule has 0 saturated carbocycles. The van der Waals surface area contributed by atoms with Gasteiger partial charge in [-0.2, -0.15) is 0 Å². The van der Waals surface area contributed by atoms with Gasteiger partial charge in [-0.25, -0.2) is 14.0 Å². The van der Waals surface area contributed by atoms with Crippen LogP contribution in [0.25, 0.3) is 0 Å². The molecule has 7 nitrogen and oxygen atoms in total. The number of cyclic esters (lactones) is 1. The Morgan fingerprint density at radius 2 is 2.25 bits per heavy atom. The molecule has 8 heteroatoms. The Kier molecular flexibility index (Phi) is 4.53. The van der Waals surface area contributed by atoms with Crippen LogP contribution in [0, 0.1) is 17.7 Å². The Balaban J connectivity index is 1.69. The standard InChI is InChI=1S/C16H16FN3O4/c17-14-8-12(20-9-13(10-21)24-16(20)23)4-3-11(14)2-1-6-19-7-5-18-15(19)22/h3-4,8,13,21H,5-7,9-10H2,(H,18,22)/t13-/m1/s1. The molecule has 2 fully saturated rings. The number of nitrogens with one attached hydrogen (secondary N) is 1. The van der Waals surface area contributed by atoms with Gasteiger partial charge in [0.25, 0.3) is 0 Å². The van der Waals surface area contributed by atoms with Crippen LogP contribution in [0.15, 0.2) is 18.2 Å². The van der Waals surface area contributed by atoms with Crippen molar-refractivity contribution in [3.8, 4) is 11.8 Å². The van der Waals surface area contributed by atoms with E-state index in [9.17, 15) is 14.0 Å². The molecule has 126 valence electrons. The third kappa shape index (κ3) is 3.26. The molecule has 3 amide bonds. The van der Waals surface area contributed by atoms with Gasteiger partial charge in [-0.1, -0.05) is 11.8 Å². The number of amides is 3. The van der Waals surface area contributed by atoms with Gasteiger partial charge in [0.05, 0.1) is 30.9 Å². The normalized spacial score (nSPS) is 19.8. The zero-order chi connectivity index (χ0) is 17.1. The first-order valence-electron chi connectivity index (χ1n) is 7.48. The molecule has 0 spiro atoms. The van der Waals surface area contributed by atoms with Crippen LogP contribution in [-0.2, 0) is 4.74 Å². The quantitative estimate of drug-likeness (QED) is 0.790. The van der Waals surface area contributed by atoms with Crippen molar-refractivity contribution in [2.75, 3.05) is 37.7 Å². The zero-order valence-corrected chi connectivity index (χ0v) is 12.8. The summed E-state index contributed by atoms with van der Waals surface area (Å²) in [5, 5.41) is 11.7. The fourth-order valence-electron chi connectivity index (χ4n) is 2.49. The largest absolute Gasteiger partial charge is 0.441 e. The van der Waals surface area contributed by atoms with Crippen molar-refractivity contribution >= 4 is 17.8 Å². The van der Waals surface area contributed by atoms with E-state index < -0.39 is 18.0 Å². The van der Waals surface area contributed by atoms with E-state index in [1.165, 1.54) is 21.9 Å². The number of benzene rings is 1. The maximum Gasteiger partial charge on any atom is 0.414 e. The topological polar surface area (TPSA) is 82.1 Å². The van der Waals surface area contributed by atoms with Crippen molar-refractivity contribution in [1.29, 1.82) is 0 Å². The number of hydrogen-bond donors (Lipinski definition) is 2. The summed E-state index contributed by atoms with van der Waals surface area (Å²) in [5.41, 5.74) is 0.530. The molecule has 0 aliphatic carbocycles. The first kappa shape index (κ1) is 16.1. The lowest BCUT2D eigenvalue weighted by molar-refractivity contribution is 0.0963. The Labute approximate surface area is 138 Å². The zero-order valence-electron chi connectivity index (χ0n) is 12.8. The molecule has 2 aliphatic rings. The second kappa shape index (κ2) is 6.76. The van der Waals surface area contributed by atoms with E-state index in [2.05, 4.69) is 17.2 Å². The number of anilines is 1. The molecule has 1 aromatic rings. The molecule has 2 heterocycles. The third-order valence-electron chi connectivity index (χ3n) is 3.78. The number of hydrogen-bond acceptors (Lipinski definition) is 4. The lowest BCUT2D eigenvalue weighted by Crippen LogP contribution is -2.28. The minimum absolute atomic E-state index is 0.171. The van der Waals surface area contributed by atoms with Gasteiger partial charge in [-0.3, -0.25) is 4.90 Å². The fourth-order valence-corrected chi connectivity index (χ4v) is 2.49. The average molecular weight is 333 g/mol. The first-order valence-corrected chi connectivity index (χ1v) is 7.48. The fraction of sp³-hybridized carbons (Fsp3) is 0.375. The Hall–Kier alpha value is -2.79. The minimum Gasteiger partial charge on any atom is -0.441 e. The number of urea groups is 1. The number of halogens is 1. The third-order valence-corrected chi connectivity index (χ3v) is 3.78. The minimum atomic E-state index is -0.618. The van der Waals surface area contributed by atoms with E-state index in [0.717, 1.165) is 0 Å². The van der Waals surface area contributed by atoms with Gasteiger partial charge in [-0.05, 0) is 18.2 Å². The SMILES string of the molecule is O=C1NCCN1CC#Cc1ccc(N2C[C@H](CO)OC2=O)cc1F. The molecule has 1 aromatic carbocycles. The van der Waals surface area contributed by atoms with Crippen LogP contribution in [0.5, 0.6) is 0 Å². The van der Waals surface area contributed by atoms with E-state index in [1.807, 2.05) is 0 Å². The van der Waals surface area contributed by atoms with Gasteiger partial charge in [0.15, 0.2) is 0 Å². The van der Waals surface area contributed by atoms with Crippen LogP contribution in [0.2, 0.25) is 0 Å². The predicted octanol–water partition coefficient (Wildman–Crippen LogP) is 0.520. The van der Waals surface area contributed by atoms with Gasteiger partial charge in [0, 0.05) is 13.1 Å². The van der Waals surface area contributed by atoms with Gasteiger partial charge in [-0.15, -0.1) is 0 Å². The number of aliphatic hydroxyl groups is 1. The highest BCUT2D eigenvalue weighted by molar-refractivity contribution is 5.89. The first-order chi connectivity index (χ1) is 11.6. The summed E-state index contributed by atoms with van der Waals surface area (Å²) in [5.74, 6) is 4.89. The second-order valence-corrected chi connectivity index (χ2v) is 5.42. The predicted molar refractivity (Wildman–Crippen MR) is 83.0 cm³/mol. The monoisotopic (exact) mass is 333 g/mol. The van der Waals surface area contributed by atoms with E-state index in [1.54, 1.807) is 6.07 Å². The molecular formula is C16H16FN3O4. The maximum atomic E-state index is 14.2. The smallest absolute Gasteiger partial charge is 0.414 e. The summed E-state index contributed by atoms with van der Waals surface area (Å²) in [7, 11) is 0. The van der Waals surface area contributed by atoms with Crippen LogP contribution in [-0.4, -0.2) is 61.0 Å². The van der Waals surface area contributed by atoms with E-state index >= 15 is 0 Å². The van der Waals surface area contributed by atoms with Crippen LogP contribution >= 0.6 is 0 Å². The van der Waals surface area contributed by atoms with Crippen molar-refractivity contribution in [2.24, 2.45) is 0 Å². The molecule has 2 N–H and O–H groups in total. The molecule has 0 bridgehead atoms. The number of carbonyl (C=O) groups is 2. The van der Waals surface area contributed by atoms with Crippen LogP contribution < -0.4 is 10.2 Å². The van der Waals surface area contributed by atoms with Gasteiger partial charge < -0.3 is 20.1 Å². The van der Waals surface area contributed by atoms with Crippen molar-refractivity contribution in [2.45, 2.75) is 6.10 Å². The summed E-state index contributed by atoms with van der Waals surface area (Å²) in [4.78, 5) is 25.8. The van der Waals surface area contributed by atoms with Crippen molar-refractivity contribution < 1.29 is 23.8 Å². The van der Waals surface area contributed by atoms with E-state index in [-0.39, 0.29) is 31.3 Å². The highest BCUT2D eigenvalue weighted by Crippen LogP contribution is 2.23. The highest BCUT2D eigenvalue weighted by atomic mass is 19.1. The number of aliphatic hydroxyl groups excluding tert-OH is 1. The second-order valence-electron chi connectivity index (χ2n) is 5.42. The molecule has 0 aromatic heterocycles. The number of rotatable bonds is 3. The molecule has 0 unspecified atom stereocenters. The number of ether oxygens (including phenoxy) is 1. The van der Waals surface area contributed by atoms with E-state index in [0.29, 0.717) is 18.8 Å². The van der Waals surface area contributed by atoms with Crippen LogP contribution in [0.3, 0.4) is 0 Å². The Bertz CT molecular complexity index is 728. The van der Waals surface area contributed by atoms with Crippen molar-refractivity contribution in [1.82, 2.24) is 10.2 Å². The summed E-state index contributed by atoms with van der Waals surface area (Å²) in [6.07, 6.45) is -1.22. The molecule has 0 radical (unpaired) electrons. The lowest BCUT2D eigenvalue weighted by atomic mass is 10.2. The van der Waals surface area contributed by atoms with Gasteiger partial charge in [0.2, 0.25) is 0 Å². The number of carbonyl (C=O) groups excluding carboxylic acids is 2. The van der Waals surface area contributed by atoms with Crippen molar-refractivity contribution in [3.05, 3.63) is 29.6 Å². The maximum absolute atomic E-state index is 14.2. The molecule has 2 aliphatic heterocycles. The number of nitrogens with zero attached hydrogens (tertiary/aromatic N) is 2. The molecule has 1 atom stereocenters. The van der Waals surface area contributed by atoms with Crippen LogP contribution in [0.4, 0.5) is 19.7 Å². The Morgan fingerprint density at radius 1 is 1.42 bits per heavy atom. The lowest BCUT2D eigenvalue weighted by Gasteiger charge is -2.13. The molecule has 3 rings (SSSR count). The molecule has 2 saturated heterocycles. The van der Waals surface area contributed by atoms with Gasteiger partial charge in [0.1, 0.15) is 11.9 Å². The Morgan fingerprint density at radius 3 is 2.88 bits per heavy atom. The highest BCUT2D eigenvalue weighted by Gasteiger charge is 2.32. The average Bonchev–Trinajstić information content (AvgIpc) is 3.14. The summed E-state index contributed by atoms with van der Waals surface area (Å²) >= 11 is 0. The summed E-state index contributed by atoms with van der Waals surface area (Å²) in [6.45, 7) is 1.29. The summed E-state index contributed by atoms with van der Waals surface area (Å²) < 4.78 is 19.1. The molecular weight excluding hydrogens is 317 g/mol. The van der Waals surface area contributed by atoms with Crippen molar-refractivity contribution in [3.63, 3.8) is 0 Å². The van der Waals surface area contributed by atoms with Gasteiger partial charge >= 0.3 is 12.1 Å².